The van der Waals surface area contributed by atoms with E-state index in [0.29, 0.717) is 11.5 Å². The van der Waals surface area contributed by atoms with Crippen LogP contribution < -0.4 is 0 Å². The van der Waals surface area contributed by atoms with Crippen LogP contribution in [-0.2, 0) is 15.7 Å². The molecule has 2 nitrogen and oxygen atoms in total. The van der Waals surface area contributed by atoms with Crippen LogP contribution in [0.4, 0.5) is 13.2 Å². The van der Waals surface area contributed by atoms with Crippen molar-refractivity contribution in [3.63, 3.8) is 0 Å². The third-order valence-corrected chi connectivity index (χ3v) is 3.99. The maximum atomic E-state index is 12.6. The fourth-order valence-electron chi connectivity index (χ4n) is 2.73. The van der Waals surface area contributed by atoms with Gasteiger partial charge in [0.1, 0.15) is 6.10 Å². The van der Waals surface area contributed by atoms with Crippen molar-refractivity contribution in [2.45, 2.75) is 44.9 Å². The van der Waals surface area contributed by atoms with Gasteiger partial charge in [-0.1, -0.05) is 25.0 Å². The van der Waals surface area contributed by atoms with Crippen molar-refractivity contribution >= 4 is 12.0 Å². The van der Waals surface area contributed by atoms with E-state index in [4.69, 9.17) is 4.74 Å². The molecule has 0 radical (unpaired) electrons. The van der Waals surface area contributed by atoms with Gasteiger partial charge in [0.05, 0.1) is 5.56 Å². The van der Waals surface area contributed by atoms with Gasteiger partial charge in [0.25, 0.3) is 0 Å². The van der Waals surface area contributed by atoms with Crippen LogP contribution in [0.1, 0.15) is 43.7 Å². The molecule has 0 saturated heterocycles. The highest BCUT2D eigenvalue weighted by Crippen LogP contribution is 2.30. The first-order valence-electron chi connectivity index (χ1n) is 7.42. The predicted molar refractivity (Wildman–Crippen MR) is 78.0 cm³/mol. The van der Waals surface area contributed by atoms with E-state index in [9.17, 15) is 18.0 Å². The second-order valence-corrected chi connectivity index (χ2v) is 5.64. The Balaban J connectivity index is 1.94. The first-order chi connectivity index (χ1) is 10.4. The molecular formula is C17H19F3O2. The number of hydrogen-bond donors (Lipinski definition) is 0. The topological polar surface area (TPSA) is 26.3 Å². The lowest BCUT2D eigenvalue weighted by Crippen LogP contribution is -2.21. The molecule has 1 aromatic rings. The molecule has 0 bridgehead atoms. The number of benzene rings is 1. The van der Waals surface area contributed by atoms with Crippen molar-refractivity contribution in [3.8, 4) is 0 Å². The number of halogens is 3. The highest BCUT2D eigenvalue weighted by molar-refractivity contribution is 5.87. The van der Waals surface area contributed by atoms with Crippen LogP contribution in [0, 0.1) is 5.92 Å². The molecule has 2 rings (SSSR count). The lowest BCUT2D eigenvalue weighted by Gasteiger charge is -2.18. The molecule has 5 heteroatoms. The van der Waals surface area contributed by atoms with E-state index < -0.39 is 17.7 Å². The summed E-state index contributed by atoms with van der Waals surface area (Å²) in [6.45, 7) is 1.87. The van der Waals surface area contributed by atoms with Crippen LogP contribution in [-0.4, -0.2) is 12.1 Å². The molecule has 1 saturated carbocycles. The Kier molecular flexibility index (Phi) is 5.27. The molecule has 0 spiro atoms. The quantitative estimate of drug-likeness (QED) is 0.587. The Hall–Kier alpha value is -1.78. The number of hydrogen-bond acceptors (Lipinski definition) is 2. The van der Waals surface area contributed by atoms with Gasteiger partial charge < -0.3 is 4.74 Å². The van der Waals surface area contributed by atoms with Crippen LogP contribution in [0.2, 0.25) is 0 Å². The van der Waals surface area contributed by atoms with Gasteiger partial charge in [-0.3, -0.25) is 0 Å². The number of alkyl halides is 3. The van der Waals surface area contributed by atoms with Crippen molar-refractivity contribution in [2.24, 2.45) is 5.92 Å². The zero-order chi connectivity index (χ0) is 16.2. The minimum absolute atomic E-state index is 0.152. The van der Waals surface area contributed by atoms with Crippen molar-refractivity contribution in [3.05, 3.63) is 41.5 Å². The smallest absolute Gasteiger partial charge is 0.416 e. The Morgan fingerprint density at radius 3 is 2.64 bits per heavy atom. The van der Waals surface area contributed by atoms with Gasteiger partial charge in [-0.2, -0.15) is 13.2 Å². The number of rotatable bonds is 4. The van der Waals surface area contributed by atoms with Gasteiger partial charge in [0.15, 0.2) is 0 Å². The molecule has 120 valence electrons. The van der Waals surface area contributed by atoms with Gasteiger partial charge in [0, 0.05) is 6.08 Å². The number of carbonyl (C=O) groups is 1. The Labute approximate surface area is 128 Å². The molecule has 1 aliphatic carbocycles. The maximum Gasteiger partial charge on any atom is 0.416 e. The van der Waals surface area contributed by atoms with E-state index in [1.165, 1.54) is 24.3 Å². The minimum atomic E-state index is -4.39. The van der Waals surface area contributed by atoms with Gasteiger partial charge in [-0.25, -0.2) is 4.79 Å². The summed E-state index contributed by atoms with van der Waals surface area (Å²) in [5.41, 5.74) is -0.414. The highest BCUT2D eigenvalue weighted by Gasteiger charge is 2.30. The Morgan fingerprint density at radius 1 is 1.32 bits per heavy atom. The van der Waals surface area contributed by atoms with Crippen molar-refractivity contribution < 1.29 is 22.7 Å². The Morgan fingerprint density at radius 2 is 2.00 bits per heavy atom. The van der Waals surface area contributed by atoms with E-state index in [1.807, 2.05) is 6.92 Å². The monoisotopic (exact) mass is 312 g/mol. The van der Waals surface area contributed by atoms with E-state index in [1.54, 1.807) is 0 Å². The number of esters is 1. The summed E-state index contributed by atoms with van der Waals surface area (Å²) >= 11 is 0. The first kappa shape index (κ1) is 16.6. The van der Waals surface area contributed by atoms with Gasteiger partial charge in [-0.05, 0) is 49.5 Å². The normalized spacial score (nSPS) is 17.8. The third-order valence-electron chi connectivity index (χ3n) is 3.99. The molecule has 0 amide bonds. The maximum absolute atomic E-state index is 12.6. The van der Waals surface area contributed by atoms with Crippen molar-refractivity contribution in [1.82, 2.24) is 0 Å². The van der Waals surface area contributed by atoms with Crippen LogP contribution in [0.5, 0.6) is 0 Å². The van der Waals surface area contributed by atoms with E-state index in [2.05, 4.69) is 0 Å². The second kappa shape index (κ2) is 6.99. The zero-order valence-electron chi connectivity index (χ0n) is 12.4. The predicted octanol–water partition coefficient (Wildman–Crippen LogP) is 4.84. The van der Waals surface area contributed by atoms with Crippen LogP contribution in [0.25, 0.3) is 6.08 Å². The van der Waals surface area contributed by atoms with Crippen LogP contribution >= 0.6 is 0 Å². The van der Waals surface area contributed by atoms with E-state index in [0.717, 1.165) is 37.8 Å². The van der Waals surface area contributed by atoms with E-state index >= 15 is 0 Å². The van der Waals surface area contributed by atoms with Gasteiger partial charge in [-0.15, -0.1) is 0 Å². The molecule has 0 aromatic heterocycles. The summed E-state index contributed by atoms with van der Waals surface area (Å²) in [6.07, 6.45) is 2.43. The molecular weight excluding hydrogens is 293 g/mol. The minimum Gasteiger partial charge on any atom is -0.459 e. The fraction of sp³-hybridized carbons (Fsp3) is 0.471. The molecule has 1 aromatic carbocycles. The third kappa shape index (κ3) is 4.61. The fourth-order valence-corrected chi connectivity index (χ4v) is 2.73. The standard InChI is InChI=1S/C17H19F3O2/c1-12(14-6-2-3-7-14)22-16(21)10-9-13-5-4-8-15(11-13)17(18,19)20/h4-5,8-12,14H,2-3,6-7H2,1H3/b10-9+. The summed E-state index contributed by atoms with van der Waals surface area (Å²) in [4.78, 5) is 11.7. The summed E-state index contributed by atoms with van der Waals surface area (Å²) in [7, 11) is 0. The summed E-state index contributed by atoms with van der Waals surface area (Å²) < 4.78 is 43.1. The number of carbonyl (C=O) groups excluding carboxylic acids is 1. The van der Waals surface area contributed by atoms with Gasteiger partial charge in [0.2, 0.25) is 0 Å². The molecule has 22 heavy (non-hydrogen) atoms. The van der Waals surface area contributed by atoms with Crippen LogP contribution in [0.15, 0.2) is 30.3 Å². The molecule has 0 heterocycles. The first-order valence-corrected chi connectivity index (χ1v) is 7.42. The molecule has 1 fully saturated rings. The highest BCUT2D eigenvalue weighted by atomic mass is 19.4. The van der Waals surface area contributed by atoms with Crippen molar-refractivity contribution in [1.29, 1.82) is 0 Å². The lowest BCUT2D eigenvalue weighted by molar-refractivity contribution is -0.144. The zero-order valence-corrected chi connectivity index (χ0v) is 12.4. The Bertz CT molecular complexity index is 543. The largest absolute Gasteiger partial charge is 0.459 e. The molecule has 1 aliphatic rings. The second-order valence-electron chi connectivity index (χ2n) is 5.64. The van der Waals surface area contributed by atoms with Gasteiger partial charge >= 0.3 is 12.1 Å². The summed E-state index contributed by atoms with van der Waals surface area (Å²) in [6, 6.07) is 4.83. The van der Waals surface area contributed by atoms with Crippen molar-refractivity contribution in [2.75, 3.05) is 0 Å². The lowest BCUT2D eigenvalue weighted by atomic mass is 10.0. The summed E-state index contributed by atoms with van der Waals surface area (Å²) in [5.74, 6) is -0.122. The molecule has 0 aliphatic heterocycles. The van der Waals surface area contributed by atoms with Crippen LogP contribution in [0.3, 0.4) is 0 Å². The molecule has 1 atom stereocenters. The van der Waals surface area contributed by atoms with E-state index in [-0.39, 0.29) is 6.10 Å². The molecule has 1 unspecified atom stereocenters. The average Bonchev–Trinajstić information content (AvgIpc) is 2.99. The average molecular weight is 312 g/mol. The SMILES string of the molecule is CC(OC(=O)/C=C/c1cccc(C(F)(F)F)c1)C1CCCC1. The number of ether oxygens (including phenoxy) is 1. The molecule has 0 N–H and O–H groups in total. The summed E-state index contributed by atoms with van der Waals surface area (Å²) in [5, 5.41) is 0.